The van der Waals surface area contributed by atoms with Crippen LogP contribution in [0.1, 0.15) is 67.9 Å². The van der Waals surface area contributed by atoms with E-state index in [0.717, 1.165) is 44.1 Å². The van der Waals surface area contributed by atoms with Crippen molar-refractivity contribution in [2.75, 3.05) is 13.7 Å². The van der Waals surface area contributed by atoms with E-state index in [1.165, 1.54) is 6.20 Å². The molecule has 2 N–H and O–H groups in total. The Labute approximate surface area is 182 Å². The molecule has 2 saturated carbocycles. The van der Waals surface area contributed by atoms with E-state index in [2.05, 4.69) is 9.97 Å². The van der Waals surface area contributed by atoms with Crippen LogP contribution in [0.15, 0.2) is 30.6 Å². The molecule has 2 aliphatic carbocycles. The van der Waals surface area contributed by atoms with Crippen LogP contribution in [-0.4, -0.2) is 29.6 Å². The molecule has 0 aromatic carbocycles. The average Bonchev–Trinajstić information content (AvgIpc) is 3.62. The second-order valence-corrected chi connectivity index (χ2v) is 8.82. The van der Waals surface area contributed by atoms with Crippen LogP contribution in [0.25, 0.3) is 0 Å². The number of methoxy groups -OCH3 is 1. The number of hydrogen-bond acceptors (Lipinski definition) is 5. The minimum Gasteiger partial charge on any atom is -0.481 e. The fourth-order valence-electron chi connectivity index (χ4n) is 4.71. The lowest BCUT2D eigenvalue weighted by Crippen LogP contribution is -2.20. The second kappa shape index (κ2) is 9.62. The molecule has 2 aromatic rings. The lowest BCUT2D eigenvalue weighted by molar-refractivity contribution is -0.118. The summed E-state index contributed by atoms with van der Waals surface area (Å²) in [6, 6.07) is 5.63. The van der Waals surface area contributed by atoms with Crippen LogP contribution >= 0.6 is 0 Å². The van der Waals surface area contributed by atoms with E-state index in [1.54, 1.807) is 19.4 Å². The molecule has 0 unspecified atom stereocenters. The number of primary amides is 1. The van der Waals surface area contributed by atoms with Gasteiger partial charge in [-0.25, -0.2) is 14.4 Å². The van der Waals surface area contributed by atoms with E-state index >= 15 is 0 Å². The Hall–Kier alpha value is -2.70. The van der Waals surface area contributed by atoms with E-state index in [4.69, 9.17) is 15.2 Å². The highest BCUT2D eigenvalue weighted by Gasteiger charge is 2.33. The Morgan fingerprint density at radius 1 is 1.16 bits per heavy atom. The van der Waals surface area contributed by atoms with Gasteiger partial charge in [-0.2, -0.15) is 0 Å². The number of amides is 1. The van der Waals surface area contributed by atoms with Gasteiger partial charge in [0.2, 0.25) is 17.7 Å². The summed E-state index contributed by atoms with van der Waals surface area (Å²) in [7, 11) is 1.54. The van der Waals surface area contributed by atoms with Crippen LogP contribution in [0.5, 0.6) is 11.8 Å². The number of nitrogens with zero attached hydrogens (tertiary/aromatic N) is 2. The summed E-state index contributed by atoms with van der Waals surface area (Å²) in [5.74, 6) is 1.81. The maximum Gasteiger partial charge on any atom is 0.218 e. The zero-order valence-corrected chi connectivity index (χ0v) is 17.9. The van der Waals surface area contributed by atoms with Crippen molar-refractivity contribution < 1.29 is 18.7 Å². The smallest absolute Gasteiger partial charge is 0.218 e. The molecular formula is C24H30FN3O3. The summed E-state index contributed by atoms with van der Waals surface area (Å²) in [5, 5.41) is 0. The first kappa shape index (κ1) is 21.5. The van der Waals surface area contributed by atoms with Gasteiger partial charge in [0, 0.05) is 24.8 Å². The topological polar surface area (TPSA) is 87.3 Å². The van der Waals surface area contributed by atoms with Crippen LogP contribution in [0.4, 0.5) is 4.39 Å². The molecule has 1 atom stereocenters. The molecule has 2 fully saturated rings. The zero-order valence-electron chi connectivity index (χ0n) is 17.9. The highest BCUT2D eigenvalue weighted by atomic mass is 19.1. The van der Waals surface area contributed by atoms with Crippen molar-refractivity contribution in [3.05, 3.63) is 47.5 Å². The lowest BCUT2D eigenvalue weighted by Gasteiger charge is -2.29. The van der Waals surface area contributed by atoms with E-state index in [-0.39, 0.29) is 23.6 Å². The highest BCUT2D eigenvalue weighted by molar-refractivity contribution is 5.75. The lowest BCUT2D eigenvalue weighted by atomic mass is 9.79. The normalized spacial score (nSPS) is 22.0. The van der Waals surface area contributed by atoms with Gasteiger partial charge in [-0.15, -0.1) is 0 Å². The van der Waals surface area contributed by atoms with Gasteiger partial charge in [-0.3, -0.25) is 4.79 Å². The predicted molar refractivity (Wildman–Crippen MR) is 114 cm³/mol. The van der Waals surface area contributed by atoms with Gasteiger partial charge >= 0.3 is 0 Å². The van der Waals surface area contributed by atoms with Gasteiger partial charge in [-0.1, -0.05) is 0 Å². The van der Waals surface area contributed by atoms with Crippen molar-refractivity contribution in [1.29, 1.82) is 0 Å². The third-order valence-electron chi connectivity index (χ3n) is 6.62. The molecule has 0 saturated heterocycles. The SMILES string of the molecule is COc1cc([C@H]2CC[C@H](COc3cc([C@@H](CC(N)=O)C4CC4)ccn3)CC2)c(F)cn1. The van der Waals surface area contributed by atoms with Crippen molar-refractivity contribution in [3.8, 4) is 11.8 Å². The fourth-order valence-corrected chi connectivity index (χ4v) is 4.71. The summed E-state index contributed by atoms with van der Waals surface area (Å²) in [6.07, 6.45) is 9.41. The number of nitrogens with two attached hydrogens (primary N) is 1. The Morgan fingerprint density at radius 3 is 2.61 bits per heavy atom. The molecular weight excluding hydrogens is 397 g/mol. The van der Waals surface area contributed by atoms with E-state index < -0.39 is 0 Å². The first-order valence-electron chi connectivity index (χ1n) is 11.1. The van der Waals surface area contributed by atoms with Crippen molar-refractivity contribution in [1.82, 2.24) is 9.97 Å². The monoisotopic (exact) mass is 427 g/mol. The maximum atomic E-state index is 14.2. The van der Waals surface area contributed by atoms with E-state index in [0.29, 0.717) is 42.2 Å². The summed E-state index contributed by atoms with van der Waals surface area (Å²) in [4.78, 5) is 19.7. The summed E-state index contributed by atoms with van der Waals surface area (Å²) < 4.78 is 25.4. The van der Waals surface area contributed by atoms with Crippen LogP contribution in [0, 0.1) is 17.7 Å². The fraction of sp³-hybridized carbons (Fsp3) is 0.542. The first-order valence-corrected chi connectivity index (χ1v) is 11.1. The van der Waals surface area contributed by atoms with Gasteiger partial charge < -0.3 is 15.2 Å². The first-order chi connectivity index (χ1) is 15.0. The van der Waals surface area contributed by atoms with Crippen LogP contribution in [-0.2, 0) is 4.79 Å². The third-order valence-corrected chi connectivity index (χ3v) is 6.62. The Bertz CT molecular complexity index is 911. The molecule has 2 aliphatic rings. The second-order valence-electron chi connectivity index (χ2n) is 8.82. The molecule has 7 heteroatoms. The van der Waals surface area contributed by atoms with Crippen molar-refractivity contribution in [2.45, 2.75) is 56.8 Å². The summed E-state index contributed by atoms with van der Waals surface area (Å²) in [6.45, 7) is 0.592. The van der Waals surface area contributed by atoms with Gasteiger partial charge in [-0.05, 0) is 79.4 Å². The minimum absolute atomic E-state index is 0.158. The van der Waals surface area contributed by atoms with Crippen molar-refractivity contribution in [3.63, 3.8) is 0 Å². The number of hydrogen-bond donors (Lipinski definition) is 1. The van der Waals surface area contributed by atoms with E-state index in [1.807, 2.05) is 12.1 Å². The van der Waals surface area contributed by atoms with Crippen molar-refractivity contribution in [2.24, 2.45) is 17.6 Å². The largest absolute Gasteiger partial charge is 0.481 e. The molecule has 31 heavy (non-hydrogen) atoms. The standard InChI is InChI=1S/C24H30FN3O3/c1-30-23-12-20(21(25)13-28-23)17-4-2-15(3-5-17)14-31-24-10-18(8-9-27-24)19(11-22(26)29)16-6-7-16/h8-10,12-13,15-17,19H,2-7,11,14H2,1H3,(H2,26,29)/t15-,17-,19-/m0/s1. The number of halogens is 1. The summed E-state index contributed by atoms with van der Waals surface area (Å²) >= 11 is 0. The summed E-state index contributed by atoms with van der Waals surface area (Å²) in [5.41, 5.74) is 7.23. The number of carbonyl (C=O) groups is 1. The zero-order chi connectivity index (χ0) is 21.8. The quantitative estimate of drug-likeness (QED) is 0.643. The molecule has 0 bridgehead atoms. The van der Waals surface area contributed by atoms with E-state index in [9.17, 15) is 9.18 Å². The van der Waals surface area contributed by atoms with Crippen LogP contribution in [0.3, 0.4) is 0 Å². The number of pyridine rings is 2. The molecule has 0 spiro atoms. The Kier molecular flexibility index (Phi) is 6.68. The van der Waals surface area contributed by atoms with Crippen molar-refractivity contribution >= 4 is 5.91 Å². The molecule has 4 rings (SSSR count). The minimum atomic E-state index is -0.267. The average molecular weight is 428 g/mol. The molecule has 0 aliphatic heterocycles. The third kappa shape index (κ3) is 5.51. The van der Waals surface area contributed by atoms with Gasteiger partial charge in [0.05, 0.1) is 19.9 Å². The maximum absolute atomic E-state index is 14.2. The number of ether oxygens (including phenoxy) is 2. The molecule has 2 aromatic heterocycles. The number of carbonyl (C=O) groups excluding carboxylic acids is 1. The van der Waals surface area contributed by atoms with Gasteiger partial charge in [0.15, 0.2) is 0 Å². The van der Waals surface area contributed by atoms with Gasteiger partial charge in [0.1, 0.15) is 5.82 Å². The Morgan fingerprint density at radius 2 is 1.94 bits per heavy atom. The molecule has 0 radical (unpaired) electrons. The Balaban J connectivity index is 1.31. The number of rotatable bonds is 9. The molecule has 166 valence electrons. The highest BCUT2D eigenvalue weighted by Crippen LogP contribution is 2.45. The molecule has 1 amide bonds. The van der Waals surface area contributed by atoms with Crippen LogP contribution in [0.2, 0.25) is 0 Å². The molecule has 6 nitrogen and oxygen atoms in total. The van der Waals surface area contributed by atoms with Crippen LogP contribution < -0.4 is 15.2 Å². The van der Waals surface area contributed by atoms with Gasteiger partial charge in [0.25, 0.3) is 0 Å². The number of aromatic nitrogens is 2. The predicted octanol–water partition coefficient (Wildman–Crippen LogP) is 4.35. The molecule has 2 heterocycles.